The van der Waals surface area contributed by atoms with Crippen molar-refractivity contribution in [1.29, 1.82) is 0 Å². The highest BCUT2D eigenvalue weighted by Crippen LogP contribution is 2.38. The van der Waals surface area contributed by atoms with Crippen molar-refractivity contribution in [2.45, 2.75) is 76.2 Å². The van der Waals surface area contributed by atoms with Crippen LogP contribution < -0.4 is 0 Å². The van der Waals surface area contributed by atoms with E-state index in [1.165, 1.54) is 37.5 Å². The Labute approximate surface area is 227 Å². The van der Waals surface area contributed by atoms with E-state index in [2.05, 4.69) is 65.6 Å². The standard InChI is InChI=1S/C32H43NO5/c1-36-24-38-31(35)15-9-3-2-8-14-28-30(22-29(34)32(28)33-20-10-5-11-21-33)37-23-25-16-18-27(19-17-25)26-12-6-4-7-13-26/h2-4,6-7,12-13,16-19,28-30,32,34H,5,8-11,14-15,20-24H2,1H3/b3-2-/t28-,29-,30-,32+/m0/s1. The Hall–Kier alpha value is -2.51. The number of rotatable bonds is 13. The molecule has 4 rings (SSSR count). The number of nitrogens with zero attached hydrogens (tertiary/aromatic N) is 1. The third kappa shape index (κ3) is 8.24. The molecular formula is C32H43NO5. The van der Waals surface area contributed by atoms with Gasteiger partial charge in [0.2, 0.25) is 0 Å². The van der Waals surface area contributed by atoms with Gasteiger partial charge in [-0.2, -0.15) is 0 Å². The van der Waals surface area contributed by atoms with Gasteiger partial charge >= 0.3 is 5.97 Å². The van der Waals surface area contributed by atoms with Crippen LogP contribution in [0.25, 0.3) is 11.1 Å². The van der Waals surface area contributed by atoms with E-state index in [0.717, 1.165) is 31.5 Å². The van der Waals surface area contributed by atoms with E-state index in [4.69, 9.17) is 14.2 Å². The maximum absolute atomic E-state index is 11.6. The predicted octanol–water partition coefficient (Wildman–Crippen LogP) is 5.74. The number of aliphatic hydroxyl groups excluding tert-OH is 1. The lowest BCUT2D eigenvalue weighted by atomic mass is 9.92. The molecule has 1 saturated carbocycles. The predicted molar refractivity (Wildman–Crippen MR) is 149 cm³/mol. The molecule has 1 saturated heterocycles. The number of allylic oxidation sites excluding steroid dienone is 2. The lowest BCUT2D eigenvalue weighted by Gasteiger charge is -2.38. The van der Waals surface area contributed by atoms with Crippen molar-refractivity contribution < 1.29 is 24.1 Å². The van der Waals surface area contributed by atoms with Crippen LogP contribution in [0, 0.1) is 5.92 Å². The summed E-state index contributed by atoms with van der Waals surface area (Å²) in [6.07, 6.45) is 11.1. The zero-order valence-corrected chi connectivity index (χ0v) is 22.7. The number of ether oxygens (including phenoxy) is 3. The van der Waals surface area contributed by atoms with Gasteiger partial charge in [0.05, 0.1) is 18.8 Å². The smallest absolute Gasteiger partial charge is 0.308 e. The molecular weight excluding hydrogens is 478 g/mol. The minimum Gasteiger partial charge on any atom is -0.438 e. The number of aliphatic hydroxyl groups is 1. The van der Waals surface area contributed by atoms with Gasteiger partial charge in [-0.25, -0.2) is 0 Å². The molecule has 0 aromatic heterocycles. The number of carbonyl (C=O) groups excluding carboxylic acids is 1. The quantitative estimate of drug-likeness (QED) is 0.206. The Morgan fingerprint density at radius 3 is 2.42 bits per heavy atom. The Bertz CT molecular complexity index is 987. The van der Waals surface area contributed by atoms with Crippen molar-refractivity contribution in [2.24, 2.45) is 5.92 Å². The second-order valence-corrected chi connectivity index (χ2v) is 10.5. The zero-order chi connectivity index (χ0) is 26.6. The fraction of sp³-hybridized carbons (Fsp3) is 0.531. The van der Waals surface area contributed by atoms with E-state index in [1.807, 2.05) is 6.07 Å². The molecule has 4 atom stereocenters. The monoisotopic (exact) mass is 521 g/mol. The first-order valence-corrected chi connectivity index (χ1v) is 14.1. The summed E-state index contributed by atoms with van der Waals surface area (Å²) in [4.78, 5) is 14.1. The summed E-state index contributed by atoms with van der Waals surface area (Å²) in [6, 6.07) is 19.1. The summed E-state index contributed by atoms with van der Waals surface area (Å²) in [7, 11) is 1.50. The Kier molecular flexibility index (Phi) is 11.4. The molecule has 2 aliphatic rings. The maximum Gasteiger partial charge on any atom is 0.308 e. The molecule has 6 heteroatoms. The van der Waals surface area contributed by atoms with Gasteiger partial charge in [0.15, 0.2) is 6.79 Å². The van der Waals surface area contributed by atoms with Crippen LogP contribution in [0.1, 0.15) is 56.9 Å². The molecule has 2 aromatic rings. The van der Waals surface area contributed by atoms with E-state index in [0.29, 0.717) is 25.9 Å². The number of hydrogen-bond donors (Lipinski definition) is 1. The molecule has 0 amide bonds. The van der Waals surface area contributed by atoms with E-state index < -0.39 is 0 Å². The number of benzene rings is 2. The molecule has 0 radical (unpaired) electrons. The van der Waals surface area contributed by atoms with Crippen LogP contribution in [-0.2, 0) is 25.6 Å². The Morgan fingerprint density at radius 2 is 1.68 bits per heavy atom. The van der Waals surface area contributed by atoms with Crippen LogP contribution in [0.5, 0.6) is 0 Å². The van der Waals surface area contributed by atoms with E-state index >= 15 is 0 Å². The third-order valence-corrected chi connectivity index (χ3v) is 7.81. The fourth-order valence-electron chi connectivity index (χ4n) is 5.89. The van der Waals surface area contributed by atoms with E-state index in [-0.39, 0.29) is 36.9 Å². The van der Waals surface area contributed by atoms with E-state index in [1.54, 1.807) is 0 Å². The second kappa shape index (κ2) is 15.2. The van der Waals surface area contributed by atoms with Crippen LogP contribution >= 0.6 is 0 Å². The lowest BCUT2D eigenvalue weighted by molar-refractivity contribution is -0.153. The average Bonchev–Trinajstić information content (AvgIpc) is 3.28. The molecule has 1 aliphatic carbocycles. The van der Waals surface area contributed by atoms with Crippen LogP contribution in [0.3, 0.4) is 0 Å². The van der Waals surface area contributed by atoms with Gasteiger partial charge < -0.3 is 19.3 Å². The van der Waals surface area contributed by atoms with Crippen molar-refractivity contribution in [3.8, 4) is 11.1 Å². The van der Waals surface area contributed by atoms with Gasteiger partial charge in [0.1, 0.15) is 0 Å². The fourth-order valence-corrected chi connectivity index (χ4v) is 5.89. The highest BCUT2D eigenvalue weighted by Gasteiger charge is 2.45. The lowest BCUT2D eigenvalue weighted by Crippen LogP contribution is -2.47. The molecule has 1 N–H and O–H groups in total. The molecule has 206 valence electrons. The summed E-state index contributed by atoms with van der Waals surface area (Å²) < 4.78 is 16.2. The summed E-state index contributed by atoms with van der Waals surface area (Å²) in [5, 5.41) is 11.1. The molecule has 1 heterocycles. The minimum atomic E-state index is -0.358. The summed E-state index contributed by atoms with van der Waals surface area (Å²) in [5.41, 5.74) is 3.57. The van der Waals surface area contributed by atoms with Gasteiger partial charge in [-0.05, 0) is 61.9 Å². The van der Waals surface area contributed by atoms with Crippen molar-refractivity contribution in [3.63, 3.8) is 0 Å². The van der Waals surface area contributed by atoms with Crippen molar-refractivity contribution in [3.05, 3.63) is 72.3 Å². The number of carbonyl (C=O) groups is 1. The third-order valence-electron chi connectivity index (χ3n) is 7.81. The number of esters is 1. The highest BCUT2D eigenvalue weighted by atomic mass is 16.7. The van der Waals surface area contributed by atoms with Gasteiger partial charge in [-0.15, -0.1) is 0 Å². The number of methoxy groups -OCH3 is 1. The average molecular weight is 522 g/mol. The topological polar surface area (TPSA) is 68.2 Å². The molecule has 2 fully saturated rings. The maximum atomic E-state index is 11.6. The van der Waals surface area contributed by atoms with Crippen LogP contribution in [0.15, 0.2) is 66.7 Å². The van der Waals surface area contributed by atoms with Gasteiger partial charge in [0.25, 0.3) is 0 Å². The molecule has 0 unspecified atom stereocenters. The molecule has 0 spiro atoms. The molecule has 6 nitrogen and oxygen atoms in total. The zero-order valence-electron chi connectivity index (χ0n) is 22.7. The Balaban J connectivity index is 1.33. The highest BCUT2D eigenvalue weighted by molar-refractivity contribution is 5.69. The molecule has 0 bridgehead atoms. The first-order chi connectivity index (χ1) is 18.7. The van der Waals surface area contributed by atoms with Crippen molar-refractivity contribution >= 4 is 5.97 Å². The van der Waals surface area contributed by atoms with Crippen LogP contribution in [0.2, 0.25) is 0 Å². The number of likely N-dealkylation sites (tertiary alicyclic amines) is 1. The molecule has 1 aliphatic heterocycles. The largest absolute Gasteiger partial charge is 0.438 e. The van der Waals surface area contributed by atoms with Crippen molar-refractivity contribution in [1.82, 2.24) is 4.90 Å². The van der Waals surface area contributed by atoms with Gasteiger partial charge in [0, 0.05) is 31.9 Å². The first kappa shape index (κ1) is 28.5. The summed E-state index contributed by atoms with van der Waals surface area (Å²) in [6.45, 7) is 2.68. The SMILES string of the molecule is COCOC(=O)CC/C=C\CC[C@@H]1[C@@H](N2CCCCC2)[C@@H](O)C[C@@H]1OCc1ccc(-c2ccccc2)cc1. The van der Waals surface area contributed by atoms with Gasteiger partial charge in [-0.1, -0.05) is 73.2 Å². The minimum absolute atomic E-state index is 0.00298. The van der Waals surface area contributed by atoms with Crippen LogP contribution in [0.4, 0.5) is 0 Å². The summed E-state index contributed by atoms with van der Waals surface area (Å²) >= 11 is 0. The second-order valence-electron chi connectivity index (χ2n) is 10.5. The normalized spacial score (nSPS) is 24.2. The number of piperidine rings is 1. The molecule has 2 aromatic carbocycles. The van der Waals surface area contributed by atoms with Gasteiger partial charge in [-0.3, -0.25) is 9.69 Å². The summed E-state index contributed by atoms with van der Waals surface area (Å²) in [5.74, 6) is 0.0360. The first-order valence-electron chi connectivity index (χ1n) is 14.1. The van der Waals surface area contributed by atoms with E-state index in [9.17, 15) is 9.90 Å². The Morgan fingerprint density at radius 1 is 0.974 bits per heavy atom. The molecule has 38 heavy (non-hydrogen) atoms. The van der Waals surface area contributed by atoms with Crippen molar-refractivity contribution in [2.75, 3.05) is 27.0 Å². The van der Waals surface area contributed by atoms with Crippen LogP contribution in [-0.4, -0.2) is 61.2 Å². The number of hydrogen-bond acceptors (Lipinski definition) is 6.